The van der Waals surface area contributed by atoms with Gasteiger partial charge in [-0.25, -0.2) is 4.79 Å². The van der Waals surface area contributed by atoms with Gasteiger partial charge in [0.05, 0.1) is 0 Å². The number of ether oxygens (including phenoxy) is 1. The van der Waals surface area contributed by atoms with E-state index in [1.165, 1.54) is 0 Å². The normalized spacial score (nSPS) is 14.3. The third-order valence-corrected chi connectivity index (χ3v) is 2.92. The monoisotopic (exact) mass is 320 g/mol. The Bertz CT molecular complexity index is 614. The van der Waals surface area contributed by atoms with Gasteiger partial charge >= 0.3 is 5.97 Å². The smallest absolute Gasteiger partial charge is 0.342 e. The van der Waals surface area contributed by atoms with E-state index >= 15 is 0 Å². The lowest BCUT2D eigenvalue weighted by atomic mass is 10.0. The molecule has 0 radical (unpaired) electrons. The summed E-state index contributed by atoms with van der Waals surface area (Å²) in [7, 11) is 0. The Kier molecular flexibility index (Phi) is 4.06. The Hall–Kier alpha value is -2.01. The molecule has 0 aliphatic heterocycles. The lowest BCUT2D eigenvalue weighted by Gasteiger charge is -2.08. The van der Waals surface area contributed by atoms with Gasteiger partial charge in [-0.15, -0.1) is 0 Å². The summed E-state index contributed by atoms with van der Waals surface area (Å²) in [4.78, 5) is 34.2. The van der Waals surface area contributed by atoms with E-state index in [4.69, 9.17) is 4.74 Å². The number of benzene rings is 1. The van der Waals surface area contributed by atoms with Gasteiger partial charge in [-0.05, 0) is 29.8 Å². The summed E-state index contributed by atoms with van der Waals surface area (Å²) in [5.41, 5.74) is 0.552. The maximum atomic E-state index is 11.7. The fourth-order valence-electron chi connectivity index (χ4n) is 1.52. The molecule has 0 fully saturated rings. The van der Waals surface area contributed by atoms with Crippen molar-refractivity contribution in [3.05, 3.63) is 58.1 Å². The Morgan fingerprint density at radius 3 is 2.74 bits per heavy atom. The van der Waals surface area contributed by atoms with Gasteiger partial charge in [0.25, 0.3) is 0 Å². The molecule has 0 atom stereocenters. The molecule has 2 rings (SSSR count). The first kappa shape index (κ1) is 13.4. The zero-order chi connectivity index (χ0) is 13.8. The van der Waals surface area contributed by atoms with Crippen LogP contribution in [0.4, 0.5) is 0 Å². The molecule has 0 bridgehead atoms. The zero-order valence-electron chi connectivity index (χ0n) is 9.76. The number of ketones is 2. The van der Waals surface area contributed by atoms with Crippen LogP contribution in [0.25, 0.3) is 0 Å². The minimum Gasteiger partial charge on any atom is -0.457 e. The Morgan fingerprint density at radius 2 is 2.00 bits per heavy atom. The first-order chi connectivity index (χ1) is 9.06. The molecule has 5 heteroatoms. The lowest BCUT2D eigenvalue weighted by molar-refractivity contribution is -0.141. The van der Waals surface area contributed by atoms with Crippen LogP contribution in [-0.2, 0) is 25.7 Å². The quantitative estimate of drug-likeness (QED) is 0.486. The van der Waals surface area contributed by atoms with Crippen molar-refractivity contribution >= 4 is 33.5 Å². The van der Waals surface area contributed by atoms with Crippen LogP contribution in [0.3, 0.4) is 0 Å². The Balaban J connectivity index is 2.02. The molecule has 0 unspecified atom stereocenters. The van der Waals surface area contributed by atoms with Crippen molar-refractivity contribution in [2.24, 2.45) is 0 Å². The molecule has 0 heterocycles. The standard InChI is InChI=1S/C14H9BrO4/c15-10-3-1-2-9(6-10)8-19-14(18)12-7-11(16)4-5-13(12)17/h1-7H,8H2. The molecule has 0 spiro atoms. The molecule has 0 amide bonds. The van der Waals surface area contributed by atoms with Crippen molar-refractivity contribution < 1.29 is 19.1 Å². The van der Waals surface area contributed by atoms with E-state index in [0.29, 0.717) is 0 Å². The number of rotatable bonds is 3. The van der Waals surface area contributed by atoms with E-state index in [2.05, 4.69) is 15.9 Å². The van der Waals surface area contributed by atoms with Crippen molar-refractivity contribution in [2.45, 2.75) is 6.61 Å². The summed E-state index contributed by atoms with van der Waals surface area (Å²) in [6, 6.07) is 7.25. The second-order valence-corrected chi connectivity index (χ2v) is 4.78. The first-order valence-electron chi connectivity index (χ1n) is 5.46. The minimum absolute atomic E-state index is 0.0425. The molecule has 19 heavy (non-hydrogen) atoms. The van der Waals surface area contributed by atoms with Gasteiger partial charge in [-0.3, -0.25) is 9.59 Å². The van der Waals surface area contributed by atoms with Crippen molar-refractivity contribution in [1.82, 2.24) is 0 Å². The van der Waals surface area contributed by atoms with Gasteiger partial charge < -0.3 is 4.74 Å². The maximum absolute atomic E-state index is 11.7. The zero-order valence-corrected chi connectivity index (χ0v) is 11.3. The van der Waals surface area contributed by atoms with Crippen LogP contribution in [0, 0.1) is 0 Å². The molecular weight excluding hydrogens is 312 g/mol. The van der Waals surface area contributed by atoms with Crippen LogP contribution in [0.2, 0.25) is 0 Å². The number of hydrogen-bond donors (Lipinski definition) is 0. The van der Waals surface area contributed by atoms with E-state index in [1.54, 1.807) is 12.1 Å². The Morgan fingerprint density at radius 1 is 1.21 bits per heavy atom. The summed E-state index contributed by atoms with van der Waals surface area (Å²) in [5, 5.41) is 0. The van der Waals surface area contributed by atoms with Crippen molar-refractivity contribution in [1.29, 1.82) is 0 Å². The second-order valence-electron chi connectivity index (χ2n) is 3.86. The number of esters is 1. The fourth-order valence-corrected chi connectivity index (χ4v) is 1.97. The molecule has 4 nitrogen and oxygen atoms in total. The highest BCUT2D eigenvalue weighted by molar-refractivity contribution is 9.10. The van der Waals surface area contributed by atoms with Crippen LogP contribution in [0.1, 0.15) is 5.56 Å². The Labute approximate surface area is 117 Å². The first-order valence-corrected chi connectivity index (χ1v) is 6.25. The third kappa shape index (κ3) is 3.48. The summed E-state index contributed by atoms with van der Waals surface area (Å²) in [5.74, 6) is -1.70. The van der Waals surface area contributed by atoms with Crippen molar-refractivity contribution in [2.75, 3.05) is 0 Å². The van der Waals surface area contributed by atoms with Crippen LogP contribution in [0.15, 0.2) is 52.5 Å². The van der Waals surface area contributed by atoms with Gasteiger partial charge in [0.2, 0.25) is 0 Å². The molecule has 1 aliphatic rings. The molecule has 1 aromatic rings. The molecule has 0 saturated carbocycles. The average Bonchev–Trinajstić information content (AvgIpc) is 2.39. The third-order valence-electron chi connectivity index (χ3n) is 2.43. The van der Waals surface area contributed by atoms with Gasteiger partial charge in [-0.2, -0.15) is 0 Å². The maximum Gasteiger partial charge on any atom is 0.342 e. The van der Waals surface area contributed by atoms with Crippen LogP contribution in [-0.4, -0.2) is 17.5 Å². The predicted molar refractivity (Wildman–Crippen MR) is 71.2 cm³/mol. The highest BCUT2D eigenvalue weighted by Crippen LogP contribution is 2.14. The van der Waals surface area contributed by atoms with E-state index in [1.807, 2.05) is 12.1 Å². The van der Waals surface area contributed by atoms with Gasteiger partial charge in [0, 0.05) is 10.5 Å². The molecule has 1 aliphatic carbocycles. The number of allylic oxidation sites excluding steroid dienone is 3. The fraction of sp³-hybridized carbons (Fsp3) is 0.0714. The van der Waals surface area contributed by atoms with Crippen molar-refractivity contribution in [3.8, 4) is 0 Å². The minimum atomic E-state index is -0.789. The summed E-state index contributed by atoms with van der Waals surface area (Å²) >= 11 is 3.30. The van der Waals surface area contributed by atoms with Crippen molar-refractivity contribution in [3.63, 3.8) is 0 Å². The van der Waals surface area contributed by atoms with E-state index in [-0.39, 0.29) is 12.2 Å². The number of carbonyl (C=O) groups is 3. The molecular formula is C14H9BrO4. The molecule has 0 N–H and O–H groups in total. The van der Waals surface area contributed by atoms with Gasteiger partial charge in [0.1, 0.15) is 12.2 Å². The molecule has 0 saturated heterocycles. The topological polar surface area (TPSA) is 60.4 Å². The SMILES string of the molecule is O=C1C=CC(=O)C(C(=O)OCc2cccc(Br)c2)=C1. The number of halogens is 1. The number of carbonyl (C=O) groups excluding carboxylic acids is 3. The highest BCUT2D eigenvalue weighted by atomic mass is 79.9. The average molecular weight is 321 g/mol. The highest BCUT2D eigenvalue weighted by Gasteiger charge is 2.21. The molecule has 96 valence electrons. The van der Waals surface area contributed by atoms with E-state index < -0.39 is 17.5 Å². The van der Waals surface area contributed by atoms with E-state index in [9.17, 15) is 14.4 Å². The van der Waals surface area contributed by atoms with Gasteiger partial charge in [0.15, 0.2) is 11.6 Å². The van der Waals surface area contributed by atoms with E-state index in [0.717, 1.165) is 28.3 Å². The number of hydrogen-bond acceptors (Lipinski definition) is 4. The van der Waals surface area contributed by atoms with Gasteiger partial charge in [-0.1, -0.05) is 28.1 Å². The largest absolute Gasteiger partial charge is 0.457 e. The summed E-state index contributed by atoms with van der Waals surface area (Å²) in [6.45, 7) is 0.0425. The summed E-state index contributed by atoms with van der Waals surface area (Å²) < 4.78 is 5.87. The molecule has 0 aromatic heterocycles. The van der Waals surface area contributed by atoms with Crippen LogP contribution < -0.4 is 0 Å². The second kappa shape index (κ2) is 5.75. The van der Waals surface area contributed by atoms with Crippen LogP contribution in [0.5, 0.6) is 0 Å². The van der Waals surface area contributed by atoms with Crippen LogP contribution >= 0.6 is 15.9 Å². The predicted octanol–water partition coefficient (Wildman–Crippen LogP) is 2.13. The summed E-state index contributed by atoms with van der Waals surface area (Å²) in [6.07, 6.45) is 3.18. The lowest BCUT2D eigenvalue weighted by Crippen LogP contribution is -2.18. The molecule has 1 aromatic carbocycles.